The predicted molar refractivity (Wildman–Crippen MR) is 69.3 cm³/mol. The first-order valence-corrected chi connectivity index (χ1v) is 6.01. The lowest BCUT2D eigenvalue weighted by molar-refractivity contribution is 0.0526. The van der Waals surface area contributed by atoms with Crippen LogP contribution in [0.3, 0.4) is 0 Å². The maximum absolute atomic E-state index is 11.6. The van der Waals surface area contributed by atoms with Crippen molar-refractivity contribution in [3.63, 3.8) is 0 Å². The van der Waals surface area contributed by atoms with Gasteiger partial charge >= 0.3 is 5.97 Å². The zero-order valence-corrected chi connectivity index (χ0v) is 10.8. The fraction of sp³-hybridized carbons (Fsp3) is 0.154. The second kappa shape index (κ2) is 4.75. The molecule has 2 rings (SSSR count). The number of esters is 1. The van der Waals surface area contributed by atoms with Crippen LogP contribution >= 0.6 is 15.9 Å². The quantitative estimate of drug-likeness (QED) is 0.863. The molecule has 1 N–H and O–H groups in total. The van der Waals surface area contributed by atoms with E-state index in [1.54, 1.807) is 13.0 Å². The molecule has 0 aliphatic carbocycles. The molecular formula is C13H11BrO3. The predicted octanol–water partition coefficient (Wildman–Crippen LogP) is 3.48. The van der Waals surface area contributed by atoms with Crippen LogP contribution in [-0.4, -0.2) is 17.7 Å². The maximum Gasteiger partial charge on any atom is 0.338 e. The molecule has 3 nitrogen and oxygen atoms in total. The molecule has 0 saturated heterocycles. The molecule has 0 radical (unpaired) electrons. The number of rotatable bonds is 2. The number of carbonyl (C=O) groups is 1. The van der Waals surface area contributed by atoms with Gasteiger partial charge in [0, 0.05) is 9.86 Å². The van der Waals surface area contributed by atoms with Gasteiger partial charge in [0.1, 0.15) is 5.75 Å². The third-order valence-electron chi connectivity index (χ3n) is 2.42. The lowest BCUT2D eigenvalue weighted by Gasteiger charge is -2.07. The summed E-state index contributed by atoms with van der Waals surface area (Å²) in [5.74, 6) is -0.359. The number of carbonyl (C=O) groups excluding carboxylic acids is 1. The molecule has 0 atom stereocenters. The smallest absolute Gasteiger partial charge is 0.338 e. The lowest BCUT2D eigenvalue weighted by atomic mass is 10.1. The van der Waals surface area contributed by atoms with E-state index in [4.69, 9.17) is 4.74 Å². The summed E-state index contributed by atoms with van der Waals surface area (Å²) in [7, 11) is 0. The van der Waals surface area contributed by atoms with Gasteiger partial charge in [0.15, 0.2) is 0 Å². The van der Waals surface area contributed by atoms with E-state index in [1.165, 1.54) is 6.07 Å². The Labute approximate surface area is 107 Å². The van der Waals surface area contributed by atoms with Crippen LogP contribution in [0.4, 0.5) is 0 Å². The monoisotopic (exact) mass is 294 g/mol. The second-order valence-corrected chi connectivity index (χ2v) is 4.41. The Kier molecular flexibility index (Phi) is 3.33. The summed E-state index contributed by atoms with van der Waals surface area (Å²) in [5.41, 5.74) is 0.356. The van der Waals surface area contributed by atoms with Crippen LogP contribution in [0.5, 0.6) is 5.75 Å². The molecule has 0 fully saturated rings. The molecule has 0 bridgehead atoms. The van der Waals surface area contributed by atoms with Crippen LogP contribution in [-0.2, 0) is 4.74 Å². The van der Waals surface area contributed by atoms with E-state index in [2.05, 4.69) is 15.9 Å². The number of aromatic hydroxyl groups is 1. The summed E-state index contributed by atoms with van der Waals surface area (Å²) in [6.07, 6.45) is 0. The van der Waals surface area contributed by atoms with Gasteiger partial charge in [-0.1, -0.05) is 28.1 Å². The van der Waals surface area contributed by atoms with Gasteiger partial charge in [0.25, 0.3) is 0 Å². The van der Waals surface area contributed by atoms with Gasteiger partial charge in [-0.2, -0.15) is 0 Å². The van der Waals surface area contributed by atoms with E-state index in [0.29, 0.717) is 17.6 Å². The highest BCUT2D eigenvalue weighted by Crippen LogP contribution is 2.32. The van der Waals surface area contributed by atoms with Crippen LogP contribution in [0, 0.1) is 0 Å². The SMILES string of the molecule is CCOC(=O)c1cc(O)c2c(Br)cccc2c1. The van der Waals surface area contributed by atoms with Crippen LogP contribution in [0.1, 0.15) is 17.3 Å². The number of ether oxygens (including phenoxy) is 1. The first kappa shape index (κ1) is 11.9. The number of halogens is 1. The van der Waals surface area contributed by atoms with Gasteiger partial charge < -0.3 is 9.84 Å². The van der Waals surface area contributed by atoms with Crippen LogP contribution < -0.4 is 0 Å². The summed E-state index contributed by atoms with van der Waals surface area (Å²) in [4.78, 5) is 11.6. The molecule has 0 amide bonds. The molecule has 17 heavy (non-hydrogen) atoms. The van der Waals surface area contributed by atoms with Crippen molar-refractivity contribution < 1.29 is 14.6 Å². The van der Waals surface area contributed by atoms with Crippen molar-refractivity contribution in [2.24, 2.45) is 0 Å². The van der Waals surface area contributed by atoms with E-state index in [-0.39, 0.29) is 5.75 Å². The van der Waals surface area contributed by atoms with Crippen LogP contribution in [0.25, 0.3) is 10.8 Å². The molecule has 0 aliphatic heterocycles. The summed E-state index contributed by atoms with van der Waals surface area (Å²) < 4.78 is 5.69. The topological polar surface area (TPSA) is 46.5 Å². The van der Waals surface area contributed by atoms with E-state index in [1.807, 2.05) is 18.2 Å². The van der Waals surface area contributed by atoms with Gasteiger partial charge in [-0.25, -0.2) is 4.79 Å². The van der Waals surface area contributed by atoms with Crippen molar-refractivity contribution >= 4 is 32.7 Å². The molecule has 0 aromatic heterocycles. The summed E-state index contributed by atoms with van der Waals surface area (Å²) >= 11 is 3.36. The molecule has 0 unspecified atom stereocenters. The first-order chi connectivity index (χ1) is 8.13. The fourth-order valence-corrected chi connectivity index (χ4v) is 2.28. The Morgan fingerprint density at radius 3 is 2.88 bits per heavy atom. The number of phenols is 1. The van der Waals surface area contributed by atoms with E-state index >= 15 is 0 Å². The zero-order valence-electron chi connectivity index (χ0n) is 9.24. The van der Waals surface area contributed by atoms with Crippen molar-refractivity contribution in [1.82, 2.24) is 0 Å². The van der Waals surface area contributed by atoms with Crippen LogP contribution in [0.2, 0.25) is 0 Å². The number of fused-ring (bicyclic) bond motifs is 1. The average Bonchev–Trinajstić information content (AvgIpc) is 2.29. The lowest BCUT2D eigenvalue weighted by Crippen LogP contribution is -2.04. The minimum atomic E-state index is -0.426. The number of hydrogen-bond donors (Lipinski definition) is 1. The summed E-state index contributed by atoms with van der Waals surface area (Å²) in [6, 6.07) is 8.65. The Balaban J connectivity index is 2.60. The minimum Gasteiger partial charge on any atom is -0.507 e. The second-order valence-electron chi connectivity index (χ2n) is 3.55. The molecule has 0 saturated carbocycles. The molecule has 0 aliphatic rings. The number of benzene rings is 2. The number of phenolic OH excluding ortho intramolecular Hbond substituents is 1. The first-order valence-electron chi connectivity index (χ1n) is 5.22. The van der Waals surface area contributed by atoms with Crippen molar-refractivity contribution in [2.75, 3.05) is 6.61 Å². The van der Waals surface area contributed by atoms with Gasteiger partial charge in [-0.3, -0.25) is 0 Å². The van der Waals surface area contributed by atoms with Gasteiger partial charge in [-0.05, 0) is 30.5 Å². The Hall–Kier alpha value is -1.55. The highest BCUT2D eigenvalue weighted by molar-refractivity contribution is 9.10. The van der Waals surface area contributed by atoms with E-state index < -0.39 is 5.97 Å². The van der Waals surface area contributed by atoms with Gasteiger partial charge in [0.05, 0.1) is 12.2 Å². The molecule has 4 heteroatoms. The van der Waals surface area contributed by atoms with Gasteiger partial charge in [0.2, 0.25) is 0 Å². The van der Waals surface area contributed by atoms with E-state index in [9.17, 15) is 9.90 Å². The van der Waals surface area contributed by atoms with Crippen molar-refractivity contribution in [1.29, 1.82) is 0 Å². The zero-order chi connectivity index (χ0) is 12.4. The molecule has 88 valence electrons. The summed E-state index contributed by atoms with van der Waals surface area (Å²) in [5, 5.41) is 11.4. The molecule has 2 aromatic rings. The minimum absolute atomic E-state index is 0.0676. The van der Waals surface area contributed by atoms with E-state index in [0.717, 1.165) is 9.86 Å². The van der Waals surface area contributed by atoms with Gasteiger partial charge in [-0.15, -0.1) is 0 Å². The largest absolute Gasteiger partial charge is 0.507 e. The molecule has 0 heterocycles. The standard InChI is InChI=1S/C13H11BrO3/c1-2-17-13(16)9-6-8-4-3-5-10(14)12(8)11(15)7-9/h3-7,15H,2H2,1H3. The summed E-state index contributed by atoms with van der Waals surface area (Å²) in [6.45, 7) is 2.06. The van der Waals surface area contributed by atoms with Crippen molar-refractivity contribution in [3.05, 3.63) is 40.4 Å². The highest BCUT2D eigenvalue weighted by atomic mass is 79.9. The molecule has 2 aromatic carbocycles. The van der Waals surface area contributed by atoms with Crippen LogP contribution in [0.15, 0.2) is 34.8 Å². The molecular weight excluding hydrogens is 284 g/mol. The Morgan fingerprint density at radius 1 is 1.41 bits per heavy atom. The average molecular weight is 295 g/mol. The normalized spacial score (nSPS) is 10.5. The van der Waals surface area contributed by atoms with Crippen molar-refractivity contribution in [3.8, 4) is 5.75 Å². The highest BCUT2D eigenvalue weighted by Gasteiger charge is 2.12. The Morgan fingerprint density at radius 2 is 2.18 bits per heavy atom. The fourth-order valence-electron chi connectivity index (χ4n) is 1.69. The number of hydrogen-bond acceptors (Lipinski definition) is 3. The Bertz CT molecular complexity index is 578. The third-order valence-corrected chi connectivity index (χ3v) is 3.08. The maximum atomic E-state index is 11.6. The third kappa shape index (κ3) is 2.26. The van der Waals surface area contributed by atoms with Crippen molar-refractivity contribution in [2.45, 2.75) is 6.92 Å². The molecule has 0 spiro atoms.